The van der Waals surface area contributed by atoms with E-state index in [-0.39, 0.29) is 24.5 Å². The van der Waals surface area contributed by atoms with Crippen LogP contribution in [0.5, 0.6) is 5.75 Å². The minimum atomic E-state index is -0.341. The molecule has 0 spiro atoms. The van der Waals surface area contributed by atoms with Gasteiger partial charge >= 0.3 is 6.09 Å². The Balaban J connectivity index is 0.00000144. The Morgan fingerprint density at radius 1 is 1.47 bits per heavy atom. The van der Waals surface area contributed by atoms with Crippen LogP contribution >= 0.6 is 12.4 Å². The molecule has 0 aromatic heterocycles. The van der Waals surface area contributed by atoms with Gasteiger partial charge in [-0.05, 0) is 30.2 Å². The van der Waals surface area contributed by atoms with Gasteiger partial charge in [-0.3, -0.25) is 0 Å². The van der Waals surface area contributed by atoms with Crippen molar-refractivity contribution in [2.75, 3.05) is 13.7 Å². The van der Waals surface area contributed by atoms with Crippen LogP contribution in [0.2, 0.25) is 0 Å². The number of carbonyl (C=O) groups excluding carboxylic acids is 1. The molecule has 1 N–H and O–H groups in total. The van der Waals surface area contributed by atoms with E-state index < -0.39 is 0 Å². The van der Waals surface area contributed by atoms with Gasteiger partial charge in [0.15, 0.2) is 0 Å². The number of aryl methyl sites for hydroxylation is 1. The average molecular weight is 258 g/mol. The molecule has 0 unspecified atom stereocenters. The fraction of sp³-hybridized carbons (Fsp3) is 0.417. The molecule has 1 aromatic carbocycles. The zero-order valence-corrected chi connectivity index (χ0v) is 10.7. The molecule has 0 aliphatic carbocycles. The summed E-state index contributed by atoms with van der Waals surface area (Å²) in [6, 6.07) is 5.91. The first-order valence-corrected chi connectivity index (χ1v) is 5.28. The third-order valence-corrected chi connectivity index (χ3v) is 2.78. The summed E-state index contributed by atoms with van der Waals surface area (Å²) in [5.74, 6) is 0.833. The summed E-state index contributed by atoms with van der Waals surface area (Å²) >= 11 is 0. The summed E-state index contributed by atoms with van der Waals surface area (Å²) < 4.78 is 9.99. The fourth-order valence-electron chi connectivity index (χ4n) is 1.92. The highest BCUT2D eigenvalue weighted by Gasteiger charge is 2.21. The van der Waals surface area contributed by atoms with Crippen molar-refractivity contribution in [1.82, 2.24) is 5.32 Å². The quantitative estimate of drug-likeness (QED) is 0.886. The molecule has 17 heavy (non-hydrogen) atoms. The topological polar surface area (TPSA) is 47.6 Å². The minimum Gasteiger partial charge on any atom is -0.497 e. The Morgan fingerprint density at radius 2 is 2.24 bits per heavy atom. The third-order valence-electron chi connectivity index (χ3n) is 2.78. The van der Waals surface area contributed by atoms with Gasteiger partial charge in [0.25, 0.3) is 0 Å². The number of nitrogens with one attached hydrogen (secondary N) is 1. The molecule has 1 aromatic rings. The van der Waals surface area contributed by atoms with Crippen LogP contribution in [-0.4, -0.2) is 19.8 Å². The first-order valence-electron chi connectivity index (χ1n) is 5.28. The molecular formula is C12H16ClNO3. The number of hydrogen-bond donors (Lipinski definition) is 1. The Kier molecular flexibility index (Phi) is 4.63. The molecular weight excluding hydrogens is 242 g/mol. The second-order valence-electron chi connectivity index (χ2n) is 3.84. The highest BCUT2D eigenvalue weighted by atomic mass is 35.5. The molecule has 5 heteroatoms. The molecule has 4 nitrogen and oxygen atoms in total. The fourth-order valence-corrected chi connectivity index (χ4v) is 1.92. The SMILES string of the molecule is COc1ccc([C@@H]2CCOC(=O)N2)c(C)c1.Cl. The Morgan fingerprint density at radius 3 is 2.82 bits per heavy atom. The van der Waals surface area contributed by atoms with Crippen molar-refractivity contribution in [1.29, 1.82) is 0 Å². The van der Waals surface area contributed by atoms with Crippen LogP contribution in [0, 0.1) is 6.92 Å². The zero-order chi connectivity index (χ0) is 11.5. The van der Waals surface area contributed by atoms with Crippen molar-refractivity contribution in [2.45, 2.75) is 19.4 Å². The highest BCUT2D eigenvalue weighted by molar-refractivity contribution is 5.85. The maximum Gasteiger partial charge on any atom is 0.407 e. The average Bonchev–Trinajstić information content (AvgIpc) is 2.28. The molecule has 1 fully saturated rings. The molecule has 1 atom stereocenters. The summed E-state index contributed by atoms with van der Waals surface area (Å²) in [6.07, 6.45) is 0.463. The van der Waals surface area contributed by atoms with E-state index >= 15 is 0 Å². The number of amides is 1. The molecule has 1 saturated heterocycles. The van der Waals surface area contributed by atoms with Crippen LogP contribution in [0.25, 0.3) is 0 Å². The van der Waals surface area contributed by atoms with Crippen LogP contribution in [0.3, 0.4) is 0 Å². The Labute approximate surface area is 107 Å². The maximum absolute atomic E-state index is 11.1. The molecule has 1 aliphatic rings. The van der Waals surface area contributed by atoms with E-state index in [9.17, 15) is 4.79 Å². The number of rotatable bonds is 2. The predicted octanol–water partition coefficient (Wildman–Crippen LogP) is 2.60. The van der Waals surface area contributed by atoms with Gasteiger partial charge < -0.3 is 14.8 Å². The van der Waals surface area contributed by atoms with Crippen molar-refractivity contribution < 1.29 is 14.3 Å². The smallest absolute Gasteiger partial charge is 0.407 e. The number of hydrogen-bond acceptors (Lipinski definition) is 3. The lowest BCUT2D eigenvalue weighted by Gasteiger charge is -2.25. The van der Waals surface area contributed by atoms with Gasteiger partial charge in [0.1, 0.15) is 5.75 Å². The summed E-state index contributed by atoms with van der Waals surface area (Å²) in [6.45, 7) is 2.49. The van der Waals surface area contributed by atoms with E-state index in [2.05, 4.69) is 5.32 Å². The molecule has 1 heterocycles. The highest BCUT2D eigenvalue weighted by Crippen LogP contribution is 2.26. The number of methoxy groups -OCH3 is 1. The van der Waals surface area contributed by atoms with Gasteiger partial charge in [-0.15, -0.1) is 12.4 Å². The van der Waals surface area contributed by atoms with E-state index in [0.29, 0.717) is 6.61 Å². The lowest BCUT2D eigenvalue weighted by atomic mass is 9.98. The standard InChI is InChI=1S/C12H15NO3.ClH/c1-8-7-9(15-2)3-4-10(8)11-5-6-16-12(14)13-11;/h3-4,7,11H,5-6H2,1-2H3,(H,13,14);1H/t11-;/m0./s1. The lowest BCUT2D eigenvalue weighted by molar-refractivity contribution is 0.115. The maximum atomic E-state index is 11.1. The van der Waals surface area contributed by atoms with E-state index in [1.807, 2.05) is 25.1 Å². The molecule has 94 valence electrons. The molecule has 0 bridgehead atoms. The van der Waals surface area contributed by atoms with E-state index in [1.54, 1.807) is 7.11 Å². The minimum absolute atomic E-state index is 0. The zero-order valence-electron chi connectivity index (χ0n) is 9.86. The molecule has 2 rings (SSSR count). The number of carbonyl (C=O) groups is 1. The summed E-state index contributed by atoms with van der Waals surface area (Å²) in [5.41, 5.74) is 2.24. The van der Waals surface area contributed by atoms with Crippen LogP contribution in [-0.2, 0) is 4.74 Å². The number of cyclic esters (lactones) is 1. The molecule has 1 aliphatic heterocycles. The monoisotopic (exact) mass is 257 g/mol. The van der Waals surface area contributed by atoms with Crippen LogP contribution in [0.15, 0.2) is 18.2 Å². The second kappa shape index (κ2) is 5.77. The number of benzene rings is 1. The summed E-state index contributed by atoms with van der Waals surface area (Å²) in [5, 5.41) is 2.81. The normalized spacial score (nSPS) is 18.7. The van der Waals surface area contributed by atoms with Gasteiger partial charge in [-0.25, -0.2) is 4.79 Å². The Bertz CT molecular complexity index is 409. The van der Waals surface area contributed by atoms with E-state index in [0.717, 1.165) is 23.3 Å². The first-order chi connectivity index (χ1) is 7.70. The second-order valence-corrected chi connectivity index (χ2v) is 3.84. The molecule has 1 amide bonds. The number of halogens is 1. The summed E-state index contributed by atoms with van der Waals surface area (Å²) in [4.78, 5) is 11.1. The number of alkyl carbamates (subject to hydrolysis) is 1. The van der Waals surface area contributed by atoms with Crippen LogP contribution in [0.4, 0.5) is 4.79 Å². The van der Waals surface area contributed by atoms with Crippen LogP contribution in [0.1, 0.15) is 23.6 Å². The lowest BCUT2D eigenvalue weighted by Crippen LogP contribution is -2.35. The number of ether oxygens (including phenoxy) is 2. The van der Waals surface area contributed by atoms with Gasteiger partial charge in [-0.2, -0.15) is 0 Å². The van der Waals surface area contributed by atoms with Gasteiger partial charge in [0.2, 0.25) is 0 Å². The van der Waals surface area contributed by atoms with Gasteiger partial charge in [-0.1, -0.05) is 6.07 Å². The van der Waals surface area contributed by atoms with Crippen LogP contribution < -0.4 is 10.1 Å². The van der Waals surface area contributed by atoms with E-state index in [4.69, 9.17) is 9.47 Å². The first kappa shape index (κ1) is 13.6. The van der Waals surface area contributed by atoms with Crippen molar-refractivity contribution >= 4 is 18.5 Å². The third kappa shape index (κ3) is 3.03. The van der Waals surface area contributed by atoms with Gasteiger partial charge in [0, 0.05) is 6.42 Å². The Hall–Kier alpha value is -1.42. The molecule has 0 saturated carbocycles. The van der Waals surface area contributed by atoms with Gasteiger partial charge in [0.05, 0.1) is 19.8 Å². The summed E-state index contributed by atoms with van der Waals surface area (Å²) in [7, 11) is 1.64. The van der Waals surface area contributed by atoms with Crippen molar-refractivity contribution in [3.05, 3.63) is 29.3 Å². The van der Waals surface area contributed by atoms with Crippen molar-refractivity contribution in [2.24, 2.45) is 0 Å². The van der Waals surface area contributed by atoms with E-state index in [1.165, 1.54) is 0 Å². The van der Waals surface area contributed by atoms with Crippen molar-refractivity contribution in [3.8, 4) is 5.75 Å². The van der Waals surface area contributed by atoms with Crippen molar-refractivity contribution in [3.63, 3.8) is 0 Å². The largest absolute Gasteiger partial charge is 0.497 e. The predicted molar refractivity (Wildman–Crippen MR) is 66.8 cm³/mol. The molecule has 0 radical (unpaired) electrons.